The van der Waals surface area contributed by atoms with Crippen LogP contribution in [0.25, 0.3) is 44.3 Å². The second-order valence-corrected chi connectivity index (χ2v) is 8.34. The van der Waals surface area contributed by atoms with Crippen LogP contribution in [-0.4, -0.2) is 19.9 Å². The largest absolute Gasteiger partial charge is 0.255 e. The summed E-state index contributed by atoms with van der Waals surface area (Å²) in [5.74, 6) is 0. The number of aryl methyl sites for hydroxylation is 1. The van der Waals surface area contributed by atoms with Crippen LogP contribution in [0.1, 0.15) is 12.6 Å². The van der Waals surface area contributed by atoms with E-state index in [9.17, 15) is 0 Å². The zero-order valence-electron chi connectivity index (χ0n) is 19.3. The quantitative estimate of drug-likeness (QED) is 0.245. The fraction of sp³-hybridized carbons (Fsp3) is 0.0667. The molecule has 0 radical (unpaired) electrons. The number of hydrogen-bond acceptors (Lipinski definition) is 4. The van der Waals surface area contributed by atoms with Crippen LogP contribution in [0.4, 0.5) is 0 Å². The zero-order chi connectivity index (χ0) is 24.0. The Hall–Kier alpha value is -4.15. The van der Waals surface area contributed by atoms with Gasteiger partial charge in [-0.3, -0.25) is 15.0 Å². The van der Waals surface area contributed by atoms with Crippen molar-refractivity contribution in [1.29, 1.82) is 0 Å². The second kappa shape index (κ2) is 10.4. The third-order valence-corrected chi connectivity index (χ3v) is 5.99. The molecule has 0 aliphatic carbocycles. The van der Waals surface area contributed by atoms with Crippen molar-refractivity contribution in [2.45, 2.75) is 13.3 Å². The molecule has 5 heteroatoms. The van der Waals surface area contributed by atoms with E-state index in [1.165, 1.54) is 11.1 Å². The van der Waals surface area contributed by atoms with Crippen molar-refractivity contribution in [1.82, 2.24) is 19.9 Å². The van der Waals surface area contributed by atoms with Gasteiger partial charge < -0.3 is 0 Å². The fourth-order valence-corrected chi connectivity index (χ4v) is 4.23. The molecule has 4 nitrogen and oxygen atoms in total. The van der Waals surface area contributed by atoms with Crippen molar-refractivity contribution in [2.75, 3.05) is 0 Å². The van der Waals surface area contributed by atoms with E-state index in [0.717, 1.165) is 45.3 Å². The highest BCUT2D eigenvalue weighted by atomic mass is 35.5. The highest BCUT2D eigenvalue weighted by Gasteiger charge is 2.08. The monoisotopic (exact) mass is 474 g/mol. The molecular weight excluding hydrogens is 452 g/mol. The van der Waals surface area contributed by atoms with Gasteiger partial charge in [-0.15, -0.1) is 0 Å². The van der Waals surface area contributed by atoms with Gasteiger partial charge in [-0.2, -0.15) is 0 Å². The van der Waals surface area contributed by atoms with Crippen molar-refractivity contribution in [3.8, 4) is 22.3 Å². The summed E-state index contributed by atoms with van der Waals surface area (Å²) < 4.78 is 0. The molecule has 4 heterocycles. The summed E-state index contributed by atoms with van der Waals surface area (Å²) in [6.07, 6.45) is 4.49. The summed E-state index contributed by atoms with van der Waals surface area (Å²) in [5.41, 5.74) is 9.08. The lowest BCUT2D eigenvalue weighted by molar-refractivity contribution is 1.06. The molecule has 4 aromatic heterocycles. The summed E-state index contributed by atoms with van der Waals surface area (Å²) in [4.78, 5) is 17.7. The van der Waals surface area contributed by atoms with Crippen molar-refractivity contribution in [3.63, 3.8) is 0 Å². The van der Waals surface area contributed by atoms with E-state index in [1.54, 1.807) is 6.20 Å². The molecule has 6 rings (SSSR count). The summed E-state index contributed by atoms with van der Waals surface area (Å²) >= 11 is 6.20. The van der Waals surface area contributed by atoms with E-state index in [-0.39, 0.29) is 0 Å². The number of rotatable bonds is 3. The molecule has 0 saturated carbocycles. The number of aromatic nitrogens is 4. The average molecular weight is 475 g/mol. The van der Waals surface area contributed by atoms with Gasteiger partial charge in [-0.25, -0.2) is 4.98 Å². The number of nitrogens with zero attached hydrogens (tertiary/aromatic N) is 4. The number of benzene rings is 2. The summed E-state index contributed by atoms with van der Waals surface area (Å²) in [6.45, 7) is 2.14. The van der Waals surface area contributed by atoms with Crippen LogP contribution in [0.15, 0.2) is 109 Å². The Morgan fingerprint density at radius 2 is 1.09 bits per heavy atom. The first kappa shape index (κ1) is 22.6. The minimum absolute atomic E-state index is 0.511. The zero-order valence-corrected chi connectivity index (χ0v) is 20.0. The molecule has 0 spiro atoms. The van der Waals surface area contributed by atoms with Gasteiger partial charge in [0.05, 0.1) is 22.1 Å². The Labute approximate surface area is 209 Å². The molecular formula is C30H23ClN4. The Kier molecular flexibility index (Phi) is 6.73. The van der Waals surface area contributed by atoms with Gasteiger partial charge in [0.1, 0.15) is 5.15 Å². The van der Waals surface area contributed by atoms with E-state index >= 15 is 0 Å². The van der Waals surface area contributed by atoms with Crippen LogP contribution >= 0.6 is 11.6 Å². The highest BCUT2D eigenvalue weighted by molar-refractivity contribution is 6.32. The number of pyridine rings is 4. The predicted molar refractivity (Wildman–Crippen MR) is 144 cm³/mol. The van der Waals surface area contributed by atoms with E-state index < -0.39 is 0 Å². The van der Waals surface area contributed by atoms with Crippen LogP contribution in [0.3, 0.4) is 0 Å². The van der Waals surface area contributed by atoms with Crippen LogP contribution in [0.2, 0.25) is 5.15 Å². The summed E-state index contributed by atoms with van der Waals surface area (Å²) in [7, 11) is 0. The van der Waals surface area contributed by atoms with Crippen molar-refractivity contribution < 1.29 is 0 Å². The topological polar surface area (TPSA) is 51.6 Å². The van der Waals surface area contributed by atoms with Gasteiger partial charge in [-0.05, 0) is 53.9 Å². The number of hydrogen-bond donors (Lipinski definition) is 0. The van der Waals surface area contributed by atoms with Gasteiger partial charge in [0, 0.05) is 29.2 Å². The molecule has 0 fully saturated rings. The number of fused-ring (bicyclic) bond motifs is 2. The Morgan fingerprint density at radius 3 is 1.66 bits per heavy atom. The molecule has 0 atom stereocenters. The fourth-order valence-electron chi connectivity index (χ4n) is 3.97. The lowest BCUT2D eigenvalue weighted by Crippen LogP contribution is -1.94. The molecule has 0 saturated heterocycles. The summed E-state index contributed by atoms with van der Waals surface area (Å²) in [6, 6.07) is 32.1. The molecule has 0 aliphatic rings. The van der Waals surface area contributed by atoms with Crippen LogP contribution in [0, 0.1) is 0 Å². The SMILES string of the molecule is CCc1nc2cccnc2cc1-c1ccccc1.Clc1nc2cccnc2cc1-c1ccccc1. The van der Waals surface area contributed by atoms with E-state index in [1.807, 2.05) is 72.9 Å². The molecule has 0 aliphatic heterocycles. The van der Waals surface area contributed by atoms with E-state index in [4.69, 9.17) is 16.6 Å². The standard InChI is InChI=1S/C16H14N2.C14H9ClN2/c1-2-14-13(12-7-4-3-5-8-12)11-16-15(18-14)9-6-10-17-16;15-14-11(10-5-2-1-3-6-10)9-13-12(17-14)7-4-8-16-13/h3-11H,2H2,1H3;1-9H. The van der Waals surface area contributed by atoms with Crippen molar-refractivity contribution in [2.24, 2.45) is 0 Å². The third kappa shape index (κ3) is 5.03. The maximum atomic E-state index is 6.20. The minimum Gasteiger partial charge on any atom is -0.255 e. The molecule has 0 N–H and O–H groups in total. The molecule has 2 aromatic carbocycles. The normalized spacial score (nSPS) is 10.7. The predicted octanol–water partition coefficient (Wildman–Crippen LogP) is 7.81. The minimum atomic E-state index is 0.511. The van der Waals surface area contributed by atoms with E-state index in [0.29, 0.717) is 5.15 Å². The second-order valence-electron chi connectivity index (χ2n) is 7.98. The van der Waals surface area contributed by atoms with Gasteiger partial charge >= 0.3 is 0 Å². The Bertz CT molecular complexity index is 1580. The maximum absolute atomic E-state index is 6.20. The molecule has 170 valence electrons. The number of halogens is 1. The Balaban J connectivity index is 0.000000145. The molecule has 0 unspecified atom stereocenters. The molecule has 0 bridgehead atoms. The van der Waals surface area contributed by atoms with Crippen LogP contribution in [-0.2, 0) is 6.42 Å². The molecule has 35 heavy (non-hydrogen) atoms. The highest BCUT2D eigenvalue weighted by Crippen LogP contribution is 2.29. The first-order valence-corrected chi connectivity index (χ1v) is 11.9. The molecule has 0 amide bonds. The van der Waals surface area contributed by atoms with Gasteiger partial charge in [0.15, 0.2) is 0 Å². The lowest BCUT2D eigenvalue weighted by Gasteiger charge is -2.08. The van der Waals surface area contributed by atoms with Crippen molar-refractivity contribution in [3.05, 3.63) is 120 Å². The van der Waals surface area contributed by atoms with Gasteiger partial charge in [0.25, 0.3) is 0 Å². The third-order valence-electron chi connectivity index (χ3n) is 5.71. The lowest BCUT2D eigenvalue weighted by atomic mass is 10.0. The average Bonchev–Trinajstić information content (AvgIpc) is 2.93. The van der Waals surface area contributed by atoms with Crippen LogP contribution in [0.5, 0.6) is 0 Å². The van der Waals surface area contributed by atoms with E-state index in [2.05, 4.69) is 52.2 Å². The summed E-state index contributed by atoms with van der Waals surface area (Å²) in [5, 5.41) is 0.511. The first-order valence-electron chi connectivity index (χ1n) is 11.5. The smallest absolute Gasteiger partial charge is 0.137 e. The van der Waals surface area contributed by atoms with Crippen LogP contribution < -0.4 is 0 Å². The van der Waals surface area contributed by atoms with Gasteiger partial charge in [0.2, 0.25) is 0 Å². The maximum Gasteiger partial charge on any atom is 0.137 e. The van der Waals surface area contributed by atoms with Gasteiger partial charge in [-0.1, -0.05) is 79.2 Å². The first-order chi connectivity index (χ1) is 17.2. The molecule has 6 aromatic rings. The Morgan fingerprint density at radius 1 is 0.571 bits per heavy atom. The van der Waals surface area contributed by atoms with Crippen molar-refractivity contribution >= 4 is 33.7 Å².